The number of cyclic esters (lactones) is 1. The number of nitrogens with one attached hydrogen (secondary N) is 1. The average molecular weight is 431 g/mol. The Balaban J connectivity index is 1.38. The smallest absolute Gasteiger partial charge is 0.414 e. The van der Waals surface area contributed by atoms with Crippen molar-refractivity contribution in [1.29, 1.82) is 0 Å². The summed E-state index contributed by atoms with van der Waals surface area (Å²) in [4.78, 5) is 30.5. The summed E-state index contributed by atoms with van der Waals surface area (Å²) in [5, 5.41) is 13.5. The molecule has 2 aliphatic rings. The fourth-order valence-corrected chi connectivity index (χ4v) is 4.06. The van der Waals surface area contributed by atoms with Gasteiger partial charge in [-0.1, -0.05) is 0 Å². The standard InChI is InChI=1S/C21H26FN5O4/c1-15(28)24-11-17-12-27(20(29)31-17)16-2-3-19(18(22)10-16)26-7-4-21(30,5-8-26)13-25-9-6-23-14-25/h2-3,6,9-10,14,17,30H,4-5,7-8,11-13H2,1H3,(H,24,28). The molecule has 9 nitrogen and oxygen atoms in total. The molecule has 2 saturated heterocycles. The Labute approximate surface area is 179 Å². The van der Waals surface area contributed by atoms with E-state index in [1.165, 1.54) is 17.9 Å². The van der Waals surface area contributed by atoms with Crippen LogP contribution in [-0.2, 0) is 16.1 Å². The second kappa shape index (κ2) is 8.54. The number of anilines is 2. The molecule has 0 radical (unpaired) electrons. The number of halogens is 1. The lowest BCUT2D eigenvalue weighted by molar-refractivity contribution is -0.119. The van der Waals surface area contributed by atoms with E-state index in [1.54, 1.807) is 24.7 Å². The normalized spacial score (nSPS) is 20.6. The van der Waals surface area contributed by atoms with E-state index in [-0.39, 0.29) is 19.0 Å². The summed E-state index contributed by atoms with van der Waals surface area (Å²) in [6.07, 6.45) is 5.14. The highest BCUT2D eigenvalue weighted by molar-refractivity contribution is 5.90. The van der Waals surface area contributed by atoms with Crippen molar-refractivity contribution in [3.8, 4) is 0 Å². The number of ether oxygens (including phenoxy) is 1. The van der Waals surface area contributed by atoms with Gasteiger partial charge in [-0.25, -0.2) is 14.2 Å². The van der Waals surface area contributed by atoms with Crippen molar-refractivity contribution >= 4 is 23.4 Å². The number of hydrogen-bond acceptors (Lipinski definition) is 6. The van der Waals surface area contributed by atoms with Crippen LogP contribution >= 0.6 is 0 Å². The van der Waals surface area contributed by atoms with Gasteiger partial charge in [0.2, 0.25) is 5.91 Å². The number of rotatable bonds is 6. The third-order valence-electron chi connectivity index (χ3n) is 5.77. The number of nitrogens with zero attached hydrogens (tertiary/aromatic N) is 4. The van der Waals surface area contributed by atoms with Gasteiger partial charge in [0.1, 0.15) is 11.9 Å². The van der Waals surface area contributed by atoms with E-state index in [0.29, 0.717) is 43.9 Å². The molecule has 3 heterocycles. The average Bonchev–Trinajstić information content (AvgIpc) is 3.36. The molecule has 1 unspecified atom stereocenters. The first-order chi connectivity index (χ1) is 14.8. The molecule has 10 heteroatoms. The van der Waals surface area contributed by atoms with Gasteiger partial charge in [0.05, 0.1) is 42.9 Å². The third-order valence-corrected chi connectivity index (χ3v) is 5.77. The second-order valence-electron chi connectivity index (χ2n) is 8.14. The van der Waals surface area contributed by atoms with Gasteiger partial charge < -0.3 is 24.6 Å². The Hall–Kier alpha value is -3.14. The van der Waals surface area contributed by atoms with E-state index in [2.05, 4.69) is 10.3 Å². The molecule has 4 rings (SSSR count). The van der Waals surface area contributed by atoms with E-state index >= 15 is 0 Å². The maximum absolute atomic E-state index is 14.9. The predicted molar refractivity (Wildman–Crippen MR) is 111 cm³/mol. The van der Waals surface area contributed by atoms with Crippen LogP contribution in [0.25, 0.3) is 0 Å². The first-order valence-electron chi connectivity index (χ1n) is 10.3. The number of piperidine rings is 1. The van der Waals surface area contributed by atoms with Crippen molar-refractivity contribution in [2.75, 3.05) is 36.0 Å². The van der Waals surface area contributed by atoms with Gasteiger partial charge >= 0.3 is 6.09 Å². The molecule has 2 N–H and O–H groups in total. The fraction of sp³-hybridized carbons (Fsp3) is 0.476. The largest absolute Gasteiger partial charge is 0.442 e. The quantitative estimate of drug-likeness (QED) is 0.719. The highest BCUT2D eigenvalue weighted by atomic mass is 19.1. The maximum atomic E-state index is 14.9. The van der Waals surface area contributed by atoms with Gasteiger partial charge in [-0.2, -0.15) is 0 Å². The monoisotopic (exact) mass is 431 g/mol. The van der Waals surface area contributed by atoms with Crippen LogP contribution in [-0.4, -0.2) is 64.5 Å². The molecule has 1 atom stereocenters. The van der Waals surface area contributed by atoms with E-state index in [9.17, 15) is 19.1 Å². The summed E-state index contributed by atoms with van der Waals surface area (Å²) < 4.78 is 22.0. The molecule has 2 amide bonds. The molecule has 0 bridgehead atoms. The minimum absolute atomic E-state index is 0.205. The highest BCUT2D eigenvalue weighted by Gasteiger charge is 2.35. The lowest BCUT2D eigenvalue weighted by Crippen LogP contribution is -2.47. The SMILES string of the molecule is CC(=O)NCC1CN(c2ccc(N3CCC(O)(Cn4ccnc4)CC3)c(F)c2)C(=O)O1. The molecule has 0 spiro atoms. The van der Waals surface area contributed by atoms with Gasteiger partial charge in [0, 0.05) is 32.4 Å². The van der Waals surface area contributed by atoms with E-state index in [4.69, 9.17) is 4.74 Å². The summed E-state index contributed by atoms with van der Waals surface area (Å²) in [5.74, 6) is -0.640. The summed E-state index contributed by atoms with van der Waals surface area (Å²) in [6.45, 7) is 3.34. The number of carbonyl (C=O) groups is 2. The molecular weight excluding hydrogens is 405 g/mol. The Kier molecular flexibility index (Phi) is 5.81. The van der Waals surface area contributed by atoms with E-state index in [0.717, 1.165) is 0 Å². The van der Waals surface area contributed by atoms with Crippen LogP contribution in [0.3, 0.4) is 0 Å². The van der Waals surface area contributed by atoms with Crippen molar-refractivity contribution in [3.63, 3.8) is 0 Å². The first kappa shape index (κ1) is 21.1. The van der Waals surface area contributed by atoms with Crippen LogP contribution in [0.2, 0.25) is 0 Å². The Morgan fingerprint density at radius 1 is 1.39 bits per heavy atom. The van der Waals surface area contributed by atoms with Crippen molar-refractivity contribution in [2.24, 2.45) is 0 Å². The Morgan fingerprint density at radius 2 is 2.16 bits per heavy atom. The predicted octanol–water partition coefficient (Wildman–Crippen LogP) is 1.51. The van der Waals surface area contributed by atoms with Crippen LogP contribution in [0, 0.1) is 5.82 Å². The van der Waals surface area contributed by atoms with Crippen molar-refractivity contribution in [3.05, 3.63) is 42.7 Å². The lowest BCUT2D eigenvalue weighted by atomic mass is 9.91. The van der Waals surface area contributed by atoms with Gasteiger partial charge in [-0.05, 0) is 31.0 Å². The molecule has 0 saturated carbocycles. The second-order valence-corrected chi connectivity index (χ2v) is 8.14. The fourth-order valence-electron chi connectivity index (χ4n) is 4.06. The molecule has 2 fully saturated rings. The molecule has 166 valence electrons. The third kappa shape index (κ3) is 4.79. The summed E-state index contributed by atoms with van der Waals surface area (Å²) in [5.41, 5.74) is -0.00321. The van der Waals surface area contributed by atoms with Crippen molar-refractivity contribution in [2.45, 2.75) is 38.0 Å². The number of benzene rings is 1. The zero-order valence-corrected chi connectivity index (χ0v) is 17.3. The summed E-state index contributed by atoms with van der Waals surface area (Å²) >= 11 is 0. The minimum Gasteiger partial charge on any atom is -0.442 e. The van der Waals surface area contributed by atoms with Crippen molar-refractivity contribution in [1.82, 2.24) is 14.9 Å². The topological polar surface area (TPSA) is 99.9 Å². The van der Waals surface area contributed by atoms with Crippen LogP contribution < -0.4 is 15.1 Å². The Morgan fingerprint density at radius 3 is 2.81 bits per heavy atom. The zero-order valence-electron chi connectivity index (χ0n) is 17.3. The number of carbonyl (C=O) groups excluding carboxylic acids is 2. The molecule has 1 aromatic heterocycles. The molecule has 2 aliphatic heterocycles. The Bertz CT molecular complexity index is 943. The molecule has 1 aromatic carbocycles. The van der Waals surface area contributed by atoms with Crippen LogP contribution in [0.15, 0.2) is 36.9 Å². The maximum Gasteiger partial charge on any atom is 0.414 e. The molecule has 0 aliphatic carbocycles. The zero-order chi connectivity index (χ0) is 22.0. The molecular formula is C21H26FN5O4. The van der Waals surface area contributed by atoms with Gasteiger partial charge in [-0.3, -0.25) is 9.69 Å². The van der Waals surface area contributed by atoms with E-state index < -0.39 is 23.6 Å². The lowest BCUT2D eigenvalue weighted by Gasteiger charge is -2.39. The summed E-state index contributed by atoms with van der Waals surface area (Å²) in [7, 11) is 0. The number of amides is 2. The van der Waals surface area contributed by atoms with Crippen LogP contribution in [0.5, 0.6) is 0 Å². The number of aliphatic hydroxyl groups is 1. The van der Waals surface area contributed by atoms with Gasteiger partial charge in [-0.15, -0.1) is 0 Å². The minimum atomic E-state index is -0.851. The first-order valence-corrected chi connectivity index (χ1v) is 10.3. The van der Waals surface area contributed by atoms with Gasteiger partial charge in [0.25, 0.3) is 0 Å². The van der Waals surface area contributed by atoms with Gasteiger partial charge in [0.15, 0.2) is 0 Å². The summed E-state index contributed by atoms with van der Waals surface area (Å²) in [6, 6.07) is 4.66. The van der Waals surface area contributed by atoms with Crippen LogP contribution in [0.4, 0.5) is 20.6 Å². The number of aromatic nitrogens is 2. The van der Waals surface area contributed by atoms with Crippen LogP contribution in [0.1, 0.15) is 19.8 Å². The highest BCUT2D eigenvalue weighted by Crippen LogP contribution is 2.32. The number of imidazole rings is 1. The molecule has 31 heavy (non-hydrogen) atoms. The van der Waals surface area contributed by atoms with E-state index in [1.807, 2.05) is 15.7 Å². The van der Waals surface area contributed by atoms with Crippen molar-refractivity contribution < 1.29 is 23.8 Å². The number of hydrogen-bond donors (Lipinski definition) is 2. The molecule has 2 aromatic rings.